The van der Waals surface area contributed by atoms with E-state index >= 15 is 0 Å². The van der Waals surface area contributed by atoms with Crippen molar-refractivity contribution < 1.29 is 19.4 Å². The molecule has 0 aromatic heterocycles. The van der Waals surface area contributed by atoms with Crippen LogP contribution in [0.5, 0.6) is 0 Å². The van der Waals surface area contributed by atoms with Gasteiger partial charge >= 0.3 is 5.97 Å². The van der Waals surface area contributed by atoms with Gasteiger partial charge in [0.1, 0.15) is 11.8 Å². The fourth-order valence-electron chi connectivity index (χ4n) is 10.0. The molecule has 0 aliphatic heterocycles. The van der Waals surface area contributed by atoms with Gasteiger partial charge in [-0.25, -0.2) is 0 Å². The number of aliphatic hydroxyl groups is 1. The number of hydrogen-bond acceptors (Lipinski definition) is 5. The second-order valence-electron chi connectivity index (χ2n) is 14.6. The van der Waals surface area contributed by atoms with Gasteiger partial charge < -0.3 is 9.84 Å². The van der Waals surface area contributed by atoms with Crippen LogP contribution in [0.15, 0.2) is 0 Å². The SMILES string of the molecule is COC(=O)C(NCC(=O)CCC(C)C1CCC2C3C(O)C[C@@H]4C[C@@H](C)CC[C@]4(C)C3CC[C@]12C)C(C)C. The van der Waals surface area contributed by atoms with Crippen molar-refractivity contribution in [3.63, 3.8) is 0 Å². The molecular weight excluding hydrogens is 462 g/mol. The lowest BCUT2D eigenvalue weighted by Crippen LogP contribution is -2.58. The van der Waals surface area contributed by atoms with Crippen molar-refractivity contribution in [3.05, 3.63) is 0 Å². The second-order valence-corrected chi connectivity index (χ2v) is 14.6. The zero-order valence-electron chi connectivity index (χ0n) is 24.7. The molecule has 0 radical (unpaired) electrons. The third-order valence-electron chi connectivity index (χ3n) is 12.2. The molecule has 4 rings (SSSR count). The number of carbonyl (C=O) groups excluding carboxylic acids is 2. The van der Waals surface area contributed by atoms with Gasteiger partial charge in [-0.05, 0) is 110 Å². The number of aliphatic hydroxyl groups excluding tert-OH is 1. The van der Waals surface area contributed by atoms with E-state index in [9.17, 15) is 14.7 Å². The molecular formula is C32H55NO4. The lowest BCUT2D eigenvalue weighted by Gasteiger charge is -2.62. The Labute approximate surface area is 226 Å². The van der Waals surface area contributed by atoms with Gasteiger partial charge in [-0.3, -0.25) is 14.9 Å². The lowest BCUT2D eigenvalue weighted by molar-refractivity contribution is -0.168. The summed E-state index contributed by atoms with van der Waals surface area (Å²) >= 11 is 0. The lowest BCUT2D eigenvalue weighted by atomic mass is 9.43. The first-order valence-corrected chi connectivity index (χ1v) is 15.4. The summed E-state index contributed by atoms with van der Waals surface area (Å²) in [6.07, 6.45) is 11.4. The number of ether oxygens (including phenoxy) is 1. The molecule has 5 heteroatoms. The average molecular weight is 518 g/mol. The van der Waals surface area contributed by atoms with Gasteiger partial charge in [0.05, 0.1) is 19.8 Å². The Morgan fingerprint density at radius 3 is 2.35 bits per heavy atom. The fraction of sp³-hybridized carbons (Fsp3) is 0.938. The summed E-state index contributed by atoms with van der Waals surface area (Å²) in [4.78, 5) is 24.7. The second kappa shape index (κ2) is 11.3. The molecule has 11 atom stereocenters. The normalized spacial score (nSPS) is 42.9. The molecule has 0 aromatic rings. The number of methoxy groups -OCH3 is 1. The van der Waals surface area contributed by atoms with Crippen molar-refractivity contribution >= 4 is 11.8 Å². The molecule has 4 aliphatic carbocycles. The molecule has 4 aliphatic rings. The predicted molar refractivity (Wildman–Crippen MR) is 148 cm³/mol. The first-order valence-electron chi connectivity index (χ1n) is 15.4. The van der Waals surface area contributed by atoms with E-state index in [1.54, 1.807) is 0 Å². The number of esters is 1. The van der Waals surface area contributed by atoms with Crippen LogP contribution in [0.2, 0.25) is 0 Å². The molecule has 4 saturated carbocycles. The van der Waals surface area contributed by atoms with Crippen molar-refractivity contribution in [3.8, 4) is 0 Å². The Balaban J connectivity index is 1.36. The Bertz CT molecular complexity index is 828. The summed E-state index contributed by atoms with van der Waals surface area (Å²) < 4.78 is 4.89. The molecule has 0 saturated heterocycles. The van der Waals surface area contributed by atoms with Crippen LogP contribution >= 0.6 is 0 Å². The molecule has 37 heavy (non-hydrogen) atoms. The zero-order chi connectivity index (χ0) is 27.1. The summed E-state index contributed by atoms with van der Waals surface area (Å²) in [5, 5.41) is 14.7. The molecule has 4 fully saturated rings. The summed E-state index contributed by atoms with van der Waals surface area (Å²) in [7, 11) is 1.40. The molecule has 0 amide bonds. The van der Waals surface area contributed by atoms with E-state index in [1.165, 1.54) is 52.1 Å². The quantitative estimate of drug-likeness (QED) is 0.366. The Hall–Kier alpha value is -0.940. The Kier molecular flexibility index (Phi) is 8.85. The highest BCUT2D eigenvalue weighted by molar-refractivity contribution is 5.82. The standard InChI is InChI=1S/C32H55NO4/c1-19(2)29(30(36)37-7)33-18-23(34)9-8-21(4)24-10-11-25-28-26(13-15-32(24,25)6)31(5)14-12-20(3)16-22(31)17-27(28)35/h19-22,24-29,33,35H,8-18H2,1-7H3/t20-,21?,22-,24?,25?,26?,27?,28?,29?,31-,32+/m0/s1. The van der Waals surface area contributed by atoms with Gasteiger partial charge in [-0.15, -0.1) is 0 Å². The highest BCUT2D eigenvalue weighted by atomic mass is 16.5. The van der Waals surface area contributed by atoms with Crippen LogP contribution in [0.3, 0.4) is 0 Å². The molecule has 0 bridgehead atoms. The van der Waals surface area contributed by atoms with Gasteiger partial charge in [0.15, 0.2) is 0 Å². The molecule has 212 valence electrons. The van der Waals surface area contributed by atoms with Crippen LogP contribution in [0.4, 0.5) is 0 Å². The molecule has 0 aromatic carbocycles. The largest absolute Gasteiger partial charge is 0.468 e. The van der Waals surface area contributed by atoms with Crippen molar-refractivity contribution in [2.24, 2.45) is 58.2 Å². The maximum Gasteiger partial charge on any atom is 0.323 e. The monoisotopic (exact) mass is 517 g/mol. The molecule has 0 heterocycles. The zero-order valence-corrected chi connectivity index (χ0v) is 24.7. The average Bonchev–Trinajstić information content (AvgIpc) is 3.20. The number of fused-ring (bicyclic) bond motifs is 5. The highest BCUT2D eigenvalue weighted by Crippen LogP contribution is 2.68. The van der Waals surface area contributed by atoms with Crippen LogP contribution in [0.1, 0.15) is 106 Å². The van der Waals surface area contributed by atoms with E-state index in [2.05, 4.69) is 33.0 Å². The Morgan fingerprint density at radius 1 is 1.00 bits per heavy atom. The van der Waals surface area contributed by atoms with E-state index in [-0.39, 0.29) is 35.7 Å². The molecule has 0 spiro atoms. The van der Waals surface area contributed by atoms with Gasteiger partial charge in [-0.2, -0.15) is 0 Å². The summed E-state index contributed by atoms with van der Waals surface area (Å²) in [6, 6.07) is -0.438. The highest BCUT2D eigenvalue weighted by Gasteiger charge is 2.62. The maximum absolute atomic E-state index is 12.7. The fourth-order valence-corrected chi connectivity index (χ4v) is 10.0. The van der Waals surface area contributed by atoms with Gasteiger partial charge in [0.2, 0.25) is 0 Å². The molecule has 2 N–H and O–H groups in total. The van der Waals surface area contributed by atoms with Gasteiger partial charge in [-0.1, -0.05) is 48.0 Å². The van der Waals surface area contributed by atoms with Crippen LogP contribution in [-0.2, 0) is 14.3 Å². The van der Waals surface area contributed by atoms with E-state index in [0.29, 0.717) is 47.3 Å². The van der Waals surface area contributed by atoms with Crippen LogP contribution in [0, 0.1) is 58.2 Å². The summed E-state index contributed by atoms with van der Waals surface area (Å²) in [6.45, 7) is 14.0. The van der Waals surface area contributed by atoms with Gasteiger partial charge in [0.25, 0.3) is 0 Å². The number of rotatable bonds is 9. The minimum atomic E-state index is -0.438. The van der Waals surface area contributed by atoms with Gasteiger partial charge in [0, 0.05) is 6.42 Å². The smallest absolute Gasteiger partial charge is 0.323 e. The first-order chi connectivity index (χ1) is 17.4. The maximum atomic E-state index is 12.7. The molecule has 5 nitrogen and oxygen atoms in total. The third kappa shape index (κ3) is 5.42. The van der Waals surface area contributed by atoms with Crippen LogP contribution in [-0.4, -0.2) is 42.7 Å². The first kappa shape index (κ1) is 29.1. The minimum absolute atomic E-state index is 0.0781. The predicted octanol–water partition coefficient (Wildman–Crippen LogP) is 6.02. The number of carbonyl (C=O) groups is 2. The van der Waals surface area contributed by atoms with Crippen molar-refractivity contribution in [2.75, 3.05) is 13.7 Å². The summed E-state index contributed by atoms with van der Waals surface area (Å²) in [5.41, 5.74) is 0.695. The number of nitrogens with one attached hydrogen (secondary N) is 1. The van der Waals surface area contributed by atoms with E-state index in [0.717, 1.165) is 18.8 Å². The van der Waals surface area contributed by atoms with Crippen molar-refractivity contribution in [1.82, 2.24) is 5.32 Å². The van der Waals surface area contributed by atoms with Crippen molar-refractivity contribution in [1.29, 1.82) is 0 Å². The van der Waals surface area contributed by atoms with Crippen LogP contribution in [0.25, 0.3) is 0 Å². The number of ketones is 1. The van der Waals surface area contributed by atoms with E-state index in [4.69, 9.17) is 4.74 Å². The Morgan fingerprint density at radius 2 is 1.68 bits per heavy atom. The number of Topliss-reactive ketones (excluding diaryl/α,β-unsaturated/α-hetero) is 1. The minimum Gasteiger partial charge on any atom is -0.468 e. The van der Waals surface area contributed by atoms with Crippen LogP contribution < -0.4 is 5.32 Å². The third-order valence-corrected chi connectivity index (χ3v) is 12.2. The summed E-state index contributed by atoms with van der Waals surface area (Å²) in [5.74, 6) is 4.34. The van der Waals surface area contributed by atoms with E-state index in [1.807, 2.05) is 13.8 Å². The molecule has 7 unspecified atom stereocenters. The van der Waals surface area contributed by atoms with Crippen molar-refractivity contribution in [2.45, 2.75) is 118 Å². The topological polar surface area (TPSA) is 75.6 Å². The van der Waals surface area contributed by atoms with E-state index < -0.39 is 6.04 Å². The number of hydrogen-bond donors (Lipinski definition) is 2.